The summed E-state index contributed by atoms with van der Waals surface area (Å²) < 4.78 is 4.72. The summed E-state index contributed by atoms with van der Waals surface area (Å²) in [4.78, 5) is 0. The standard InChI is InChI=1S/C7H16O4/c1-11-3-2-6(9)4-7(10)5-8/h6-10H,2-5H2,1H3. The first-order valence-corrected chi connectivity index (χ1v) is 3.66. The molecule has 2 atom stereocenters. The summed E-state index contributed by atoms with van der Waals surface area (Å²) in [6, 6.07) is 0. The zero-order chi connectivity index (χ0) is 8.69. The highest BCUT2D eigenvalue weighted by atomic mass is 16.5. The maximum atomic E-state index is 9.13. The lowest BCUT2D eigenvalue weighted by Gasteiger charge is -2.12. The largest absolute Gasteiger partial charge is 0.394 e. The van der Waals surface area contributed by atoms with Crippen LogP contribution in [0.25, 0.3) is 0 Å². The van der Waals surface area contributed by atoms with Crippen molar-refractivity contribution in [3.05, 3.63) is 0 Å². The van der Waals surface area contributed by atoms with Crippen LogP contribution in [0, 0.1) is 0 Å². The quantitative estimate of drug-likeness (QED) is 0.477. The van der Waals surface area contributed by atoms with E-state index >= 15 is 0 Å². The maximum Gasteiger partial charge on any atom is 0.0795 e. The predicted molar refractivity (Wildman–Crippen MR) is 40.2 cm³/mol. The third-order valence-electron chi connectivity index (χ3n) is 1.41. The van der Waals surface area contributed by atoms with Gasteiger partial charge in [0, 0.05) is 20.1 Å². The van der Waals surface area contributed by atoms with Gasteiger partial charge in [-0.2, -0.15) is 0 Å². The summed E-state index contributed by atoms with van der Waals surface area (Å²) in [5.41, 5.74) is 0. The minimum Gasteiger partial charge on any atom is -0.394 e. The molecule has 68 valence electrons. The SMILES string of the molecule is COCCC(O)CC(O)CO. The normalized spacial score (nSPS) is 16.4. The van der Waals surface area contributed by atoms with Crippen molar-refractivity contribution in [2.75, 3.05) is 20.3 Å². The van der Waals surface area contributed by atoms with Crippen LogP contribution in [0.1, 0.15) is 12.8 Å². The molecule has 0 amide bonds. The first-order valence-electron chi connectivity index (χ1n) is 3.66. The highest BCUT2D eigenvalue weighted by molar-refractivity contribution is 4.61. The smallest absolute Gasteiger partial charge is 0.0795 e. The van der Waals surface area contributed by atoms with Crippen LogP contribution in [0.2, 0.25) is 0 Å². The molecule has 0 aromatic heterocycles. The van der Waals surface area contributed by atoms with Gasteiger partial charge >= 0.3 is 0 Å². The summed E-state index contributed by atoms with van der Waals surface area (Å²) in [7, 11) is 1.55. The van der Waals surface area contributed by atoms with Gasteiger partial charge in [0.25, 0.3) is 0 Å². The molecule has 0 aliphatic rings. The number of rotatable bonds is 6. The molecule has 0 aromatic carbocycles. The molecule has 0 aromatic rings. The summed E-state index contributed by atoms with van der Waals surface area (Å²) in [5.74, 6) is 0. The molecule has 0 rings (SSSR count). The van der Waals surface area contributed by atoms with Crippen LogP contribution >= 0.6 is 0 Å². The molecule has 0 fully saturated rings. The van der Waals surface area contributed by atoms with Gasteiger partial charge in [-0.3, -0.25) is 0 Å². The summed E-state index contributed by atoms with van der Waals surface area (Å²) in [5, 5.41) is 26.4. The average Bonchev–Trinajstić information content (AvgIpc) is 2.00. The molecule has 0 saturated carbocycles. The Bertz CT molecular complexity index is 86.5. The third kappa shape index (κ3) is 6.25. The van der Waals surface area contributed by atoms with E-state index in [1.807, 2.05) is 0 Å². The van der Waals surface area contributed by atoms with E-state index in [4.69, 9.17) is 20.1 Å². The lowest BCUT2D eigenvalue weighted by atomic mass is 10.1. The molecule has 11 heavy (non-hydrogen) atoms. The monoisotopic (exact) mass is 164 g/mol. The Morgan fingerprint density at radius 1 is 1.27 bits per heavy atom. The molecule has 2 unspecified atom stereocenters. The maximum absolute atomic E-state index is 9.13. The van der Waals surface area contributed by atoms with E-state index in [2.05, 4.69) is 0 Å². The molecule has 0 radical (unpaired) electrons. The van der Waals surface area contributed by atoms with E-state index in [9.17, 15) is 0 Å². The minimum atomic E-state index is -0.818. The molecule has 0 heterocycles. The van der Waals surface area contributed by atoms with Gasteiger partial charge in [0.1, 0.15) is 0 Å². The molecule has 0 aliphatic heterocycles. The molecular formula is C7H16O4. The lowest BCUT2D eigenvalue weighted by Crippen LogP contribution is -2.21. The van der Waals surface area contributed by atoms with Gasteiger partial charge in [0.2, 0.25) is 0 Å². The third-order valence-corrected chi connectivity index (χ3v) is 1.41. The number of aliphatic hydroxyl groups excluding tert-OH is 3. The molecule has 3 N–H and O–H groups in total. The number of ether oxygens (including phenoxy) is 1. The van der Waals surface area contributed by atoms with E-state index < -0.39 is 12.2 Å². The summed E-state index contributed by atoms with van der Waals surface area (Å²) in [6.45, 7) is 0.170. The van der Waals surface area contributed by atoms with Crippen LogP contribution in [0.4, 0.5) is 0 Å². The molecule has 0 bridgehead atoms. The average molecular weight is 164 g/mol. The molecule has 4 nitrogen and oxygen atoms in total. The van der Waals surface area contributed by atoms with E-state index in [1.165, 1.54) is 0 Å². The van der Waals surface area contributed by atoms with Crippen LogP contribution in [-0.4, -0.2) is 47.9 Å². The number of methoxy groups -OCH3 is 1. The van der Waals surface area contributed by atoms with Crippen LogP contribution < -0.4 is 0 Å². The molecule has 0 spiro atoms. The Morgan fingerprint density at radius 3 is 2.36 bits per heavy atom. The van der Waals surface area contributed by atoms with Crippen molar-refractivity contribution in [1.29, 1.82) is 0 Å². The Balaban J connectivity index is 3.27. The van der Waals surface area contributed by atoms with Gasteiger partial charge in [-0.05, 0) is 6.42 Å². The molecule has 0 aliphatic carbocycles. The number of hydrogen-bond acceptors (Lipinski definition) is 4. The van der Waals surface area contributed by atoms with Crippen LogP contribution in [0.5, 0.6) is 0 Å². The Labute approximate surface area is 66.4 Å². The second-order valence-corrected chi connectivity index (χ2v) is 2.51. The zero-order valence-corrected chi connectivity index (χ0v) is 6.73. The Kier molecular flexibility index (Phi) is 6.45. The molecular weight excluding hydrogens is 148 g/mol. The molecule has 0 saturated heterocycles. The van der Waals surface area contributed by atoms with Gasteiger partial charge in [-0.1, -0.05) is 0 Å². The predicted octanol–water partition coefficient (Wildman–Crippen LogP) is -0.873. The first-order chi connectivity index (χ1) is 5.20. The van der Waals surface area contributed by atoms with Crippen molar-refractivity contribution in [3.63, 3.8) is 0 Å². The van der Waals surface area contributed by atoms with Gasteiger partial charge < -0.3 is 20.1 Å². The van der Waals surface area contributed by atoms with Gasteiger partial charge in [-0.15, -0.1) is 0 Å². The lowest BCUT2D eigenvalue weighted by molar-refractivity contribution is 0.0289. The first kappa shape index (κ1) is 10.8. The minimum absolute atomic E-state index is 0.208. The highest BCUT2D eigenvalue weighted by Gasteiger charge is 2.09. The van der Waals surface area contributed by atoms with Crippen LogP contribution in [0.3, 0.4) is 0 Å². The fourth-order valence-electron chi connectivity index (χ4n) is 0.760. The van der Waals surface area contributed by atoms with Crippen molar-refractivity contribution in [2.24, 2.45) is 0 Å². The zero-order valence-electron chi connectivity index (χ0n) is 6.73. The van der Waals surface area contributed by atoms with Crippen LogP contribution in [0.15, 0.2) is 0 Å². The van der Waals surface area contributed by atoms with Crippen LogP contribution in [-0.2, 0) is 4.74 Å². The van der Waals surface area contributed by atoms with Gasteiger partial charge in [0.15, 0.2) is 0 Å². The van der Waals surface area contributed by atoms with Crippen molar-refractivity contribution in [1.82, 2.24) is 0 Å². The van der Waals surface area contributed by atoms with E-state index in [1.54, 1.807) is 7.11 Å². The number of aliphatic hydroxyl groups is 3. The second-order valence-electron chi connectivity index (χ2n) is 2.51. The Morgan fingerprint density at radius 2 is 1.91 bits per heavy atom. The van der Waals surface area contributed by atoms with E-state index in [0.717, 1.165) is 0 Å². The van der Waals surface area contributed by atoms with Gasteiger partial charge in [0.05, 0.1) is 18.8 Å². The Hall–Kier alpha value is -0.160. The summed E-state index contributed by atoms with van der Waals surface area (Å²) in [6.07, 6.45) is -0.702. The van der Waals surface area contributed by atoms with Crippen molar-refractivity contribution in [2.45, 2.75) is 25.0 Å². The van der Waals surface area contributed by atoms with Gasteiger partial charge in [-0.25, -0.2) is 0 Å². The number of hydrogen-bond donors (Lipinski definition) is 3. The van der Waals surface area contributed by atoms with Crippen molar-refractivity contribution >= 4 is 0 Å². The van der Waals surface area contributed by atoms with E-state index in [0.29, 0.717) is 13.0 Å². The topological polar surface area (TPSA) is 69.9 Å². The second kappa shape index (κ2) is 6.54. The van der Waals surface area contributed by atoms with Crippen molar-refractivity contribution < 1.29 is 20.1 Å². The van der Waals surface area contributed by atoms with Crippen molar-refractivity contribution in [3.8, 4) is 0 Å². The fourth-order valence-corrected chi connectivity index (χ4v) is 0.760. The summed E-state index contributed by atoms with van der Waals surface area (Å²) >= 11 is 0. The fraction of sp³-hybridized carbons (Fsp3) is 1.00. The van der Waals surface area contributed by atoms with E-state index in [-0.39, 0.29) is 13.0 Å². The highest BCUT2D eigenvalue weighted by Crippen LogP contribution is 2.01. The molecule has 4 heteroatoms.